The summed E-state index contributed by atoms with van der Waals surface area (Å²) < 4.78 is 0. The molecule has 1 N–H and O–H groups in total. The molecule has 0 aromatic heterocycles. The molecule has 0 saturated carbocycles. The van der Waals surface area contributed by atoms with Crippen molar-refractivity contribution in [1.82, 2.24) is 5.32 Å². The van der Waals surface area contributed by atoms with E-state index in [1.54, 1.807) is 0 Å². The molecule has 0 aliphatic rings. The van der Waals surface area contributed by atoms with E-state index in [0.29, 0.717) is 0 Å². The molecule has 0 heterocycles. The Labute approximate surface area is 67.2 Å². The van der Waals surface area contributed by atoms with Gasteiger partial charge in [-0.1, -0.05) is 27.7 Å². The molecule has 0 amide bonds. The van der Waals surface area contributed by atoms with Crippen molar-refractivity contribution in [3.8, 4) is 0 Å². The Morgan fingerprint density at radius 1 is 0.900 bits per heavy atom. The van der Waals surface area contributed by atoms with Gasteiger partial charge in [0.15, 0.2) is 0 Å². The Morgan fingerprint density at radius 2 is 1.20 bits per heavy atom. The number of rotatable bonds is 4. The van der Waals surface area contributed by atoms with Gasteiger partial charge in [0.1, 0.15) is 0 Å². The van der Waals surface area contributed by atoms with Crippen LogP contribution >= 0.6 is 0 Å². The van der Waals surface area contributed by atoms with Crippen LogP contribution in [0.5, 0.6) is 0 Å². The second kappa shape index (κ2) is 7.14. The van der Waals surface area contributed by atoms with Gasteiger partial charge in [-0.25, -0.2) is 0 Å². The Morgan fingerprint density at radius 3 is 1.40 bits per heavy atom. The maximum absolute atomic E-state index is 3.38. The van der Waals surface area contributed by atoms with E-state index in [2.05, 4.69) is 33.0 Å². The zero-order valence-electron chi connectivity index (χ0n) is 7.07. The third kappa shape index (κ3) is 10.9. The summed E-state index contributed by atoms with van der Waals surface area (Å²) in [5.41, 5.74) is 0. The first-order valence-corrected chi connectivity index (χ1v) is 3.83. The molecule has 10 heavy (non-hydrogen) atoms. The molecule has 0 aromatic carbocycles. The van der Waals surface area contributed by atoms with Crippen molar-refractivity contribution in [2.24, 2.45) is 11.8 Å². The highest BCUT2D eigenvalue weighted by Gasteiger charge is 1.93. The lowest BCUT2D eigenvalue weighted by molar-refractivity contribution is 0.497. The van der Waals surface area contributed by atoms with Gasteiger partial charge < -0.3 is 5.32 Å². The number of hydrogen-bond acceptors (Lipinski definition) is 1. The minimum atomic E-state index is 0. The molecule has 0 saturated heterocycles. The predicted molar refractivity (Wildman–Crippen MR) is 52.5 cm³/mol. The van der Waals surface area contributed by atoms with Crippen LogP contribution < -0.4 is 5.32 Å². The molecule has 0 aliphatic carbocycles. The van der Waals surface area contributed by atoms with Gasteiger partial charge >= 0.3 is 0 Å². The van der Waals surface area contributed by atoms with Gasteiger partial charge in [0.25, 0.3) is 0 Å². The van der Waals surface area contributed by atoms with Gasteiger partial charge in [-0.15, -0.1) is 0 Å². The van der Waals surface area contributed by atoms with Crippen molar-refractivity contribution >= 4 is 8.41 Å². The van der Waals surface area contributed by atoms with Crippen LogP contribution in [-0.4, -0.2) is 21.5 Å². The van der Waals surface area contributed by atoms with Gasteiger partial charge in [0.2, 0.25) is 0 Å². The summed E-state index contributed by atoms with van der Waals surface area (Å²) in [5.74, 6) is 1.56. The Kier molecular flexibility index (Phi) is 9.05. The second-order valence-electron chi connectivity index (χ2n) is 3.45. The summed E-state index contributed by atoms with van der Waals surface area (Å²) in [5, 5.41) is 3.38. The SMILES string of the molecule is B.CC(C)CNCC(C)C. The largest absolute Gasteiger partial charge is 0.316 e. The average molecular weight is 143 g/mol. The average Bonchev–Trinajstić information content (AvgIpc) is 1.63. The second-order valence-corrected chi connectivity index (χ2v) is 3.45. The predicted octanol–water partition coefficient (Wildman–Crippen LogP) is 0.704. The molecule has 0 fully saturated rings. The first kappa shape index (κ1) is 12.7. The first-order valence-electron chi connectivity index (χ1n) is 3.83. The lowest BCUT2D eigenvalue weighted by Crippen LogP contribution is -2.23. The zero-order chi connectivity index (χ0) is 7.28. The van der Waals surface area contributed by atoms with Crippen molar-refractivity contribution < 1.29 is 0 Å². The molecular formula is C8H22BN. The summed E-state index contributed by atoms with van der Waals surface area (Å²) in [7, 11) is 0. The van der Waals surface area contributed by atoms with Crippen molar-refractivity contribution in [2.75, 3.05) is 13.1 Å². The molecule has 0 spiro atoms. The summed E-state index contributed by atoms with van der Waals surface area (Å²) in [6.45, 7) is 11.2. The topological polar surface area (TPSA) is 12.0 Å². The maximum atomic E-state index is 3.38. The maximum Gasteiger partial charge on any atom is 0.0814 e. The molecule has 1 nitrogen and oxygen atoms in total. The Hall–Kier alpha value is 0.0249. The standard InChI is InChI=1S/C8H19N.BH3/c1-7(2)5-9-6-8(3)4;/h7-9H,5-6H2,1-4H3;1H3. The van der Waals surface area contributed by atoms with Crippen molar-refractivity contribution in [3.05, 3.63) is 0 Å². The third-order valence-corrected chi connectivity index (χ3v) is 1.11. The van der Waals surface area contributed by atoms with E-state index in [1.165, 1.54) is 0 Å². The lowest BCUT2D eigenvalue weighted by Gasteiger charge is -2.08. The molecule has 0 aliphatic heterocycles. The summed E-state index contributed by atoms with van der Waals surface area (Å²) >= 11 is 0. The lowest BCUT2D eigenvalue weighted by atomic mass is 10.2. The summed E-state index contributed by atoms with van der Waals surface area (Å²) in [6, 6.07) is 0. The van der Waals surface area contributed by atoms with E-state index in [9.17, 15) is 0 Å². The normalized spacial score (nSPS) is 10.2. The molecule has 0 unspecified atom stereocenters. The van der Waals surface area contributed by atoms with E-state index >= 15 is 0 Å². The molecule has 62 valence electrons. The summed E-state index contributed by atoms with van der Waals surface area (Å²) in [4.78, 5) is 0. The Balaban J connectivity index is 0. The van der Waals surface area contributed by atoms with Crippen molar-refractivity contribution in [1.29, 1.82) is 0 Å². The molecule has 2 heteroatoms. The van der Waals surface area contributed by atoms with Crippen LogP contribution in [0.3, 0.4) is 0 Å². The van der Waals surface area contributed by atoms with E-state index in [4.69, 9.17) is 0 Å². The molecule has 0 bridgehead atoms. The fraction of sp³-hybridized carbons (Fsp3) is 1.00. The molecule has 0 atom stereocenters. The van der Waals surface area contributed by atoms with Crippen LogP contribution in [0.4, 0.5) is 0 Å². The van der Waals surface area contributed by atoms with Gasteiger partial charge in [-0.05, 0) is 24.9 Å². The monoisotopic (exact) mass is 143 g/mol. The van der Waals surface area contributed by atoms with Crippen LogP contribution in [-0.2, 0) is 0 Å². The van der Waals surface area contributed by atoms with E-state index in [1.807, 2.05) is 0 Å². The molecular weight excluding hydrogens is 121 g/mol. The molecule has 0 radical (unpaired) electrons. The van der Waals surface area contributed by atoms with Crippen LogP contribution in [0.2, 0.25) is 0 Å². The van der Waals surface area contributed by atoms with Gasteiger partial charge in [0, 0.05) is 0 Å². The minimum absolute atomic E-state index is 0. The quantitative estimate of drug-likeness (QED) is 0.571. The van der Waals surface area contributed by atoms with E-state index < -0.39 is 0 Å². The van der Waals surface area contributed by atoms with Crippen LogP contribution in [0.15, 0.2) is 0 Å². The number of hydrogen-bond donors (Lipinski definition) is 1. The summed E-state index contributed by atoms with van der Waals surface area (Å²) in [6.07, 6.45) is 0. The van der Waals surface area contributed by atoms with E-state index in [-0.39, 0.29) is 8.41 Å². The molecule has 0 aromatic rings. The van der Waals surface area contributed by atoms with Crippen LogP contribution in [0, 0.1) is 11.8 Å². The zero-order valence-corrected chi connectivity index (χ0v) is 7.07. The van der Waals surface area contributed by atoms with Gasteiger partial charge in [-0.3, -0.25) is 0 Å². The van der Waals surface area contributed by atoms with Crippen molar-refractivity contribution in [2.45, 2.75) is 27.7 Å². The highest BCUT2D eigenvalue weighted by molar-refractivity contribution is 5.75. The van der Waals surface area contributed by atoms with Gasteiger partial charge in [0.05, 0.1) is 8.41 Å². The first-order chi connectivity index (χ1) is 4.13. The smallest absolute Gasteiger partial charge is 0.0814 e. The highest BCUT2D eigenvalue weighted by Crippen LogP contribution is 1.90. The minimum Gasteiger partial charge on any atom is -0.316 e. The Bertz CT molecular complexity index is 54.3. The molecule has 0 rings (SSSR count). The third-order valence-electron chi connectivity index (χ3n) is 1.11. The van der Waals surface area contributed by atoms with E-state index in [0.717, 1.165) is 24.9 Å². The van der Waals surface area contributed by atoms with Gasteiger partial charge in [-0.2, -0.15) is 0 Å². The van der Waals surface area contributed by atoms with Crippen LogP contribution in [0.1, 0.15) is 27.7 Å². The highest BCUT2D eigenvalue weighted by atomic mass is 14.9. The fourth-order valence-electron chi connectivity index (χ4n) is 0.661. The number of nitrogens with one attached hydrogen (secondary N) is 1. The van der Waals surface area contributed by atoms with Crippen molar-refractivity contribution in [3.63, 3.8) is 0 Å². The fourth-order valence-corrected chi connectivity index (χ4v) is 0.661. The van der Waals surface area contributed by atoms with Crippen LogP contribution in [0.25, 0.3) is 0 Å².